The average Bonchev–Trinajstić information content (AvgIpc) is 2.95. The predicted molar refractivity (Wildman–Crippen MR) is 95.7 cm³/mol. The number of benzene rings is 2. The minimum absolute atomic E-state index is 0.0460. The van der Waals surface area contributed by atoms with Crippen LogP contribution in [0.2, 0.25) is 0 Å². The minimum atomic E-state index is -2.98. The molecule has 0 spiro atoms. The number of rotatable bonds is 6. The van der Waals surface area contributed by atoms with Crippen molar-refractivity contribution in [2.24, 2.45) is 0 Å². The van der Waals surface area contributed by atoms with Crippen LogP contribution in [0, 0.1) is 5.82 Å². The highest BCUT2D eigenvalue weighted by atomic mass is 32.2. The van der Waals surface area contributed by atoms with Crippen LogP contribution in [-0.4, -0.2) is 38.0 Å². The molecule has 25 heavy (non-hydrogen) atoms. The molecule has 0 radical (unpaired) electrons. The lowest BCUT2D eigenvalue weighted by Gasteiger charge is -2.28. The highest BCUT2D eigenvalue weighted by molar-refractivity contribution is 7.91. The molecule has 3 rings (SSSR count). The first kappa shape index (κ1) is 17.9. The standard InChI is InChI=1S/C19H22FNO3S/c1-24-19-7-5-15(6-8-19)12-21(18-9-10-25(22,23)14-18)13-16-3-2-4-17(20)11-16/h2-8,11,18H,9-10,12-14H2,1H3/t18-/m0/s1. The first-order chi connectivity index (χ1) is 11.9. The zero-order valence-electron chi connectivity index (χ0n) is 14.2. The number of hydrogen-bond acceptors (Lipinski definition) is 4. The number of methoxy groups -OCH3 is 1. The number of nitrogens with zero attached hydrogens (tertiary/aromatic N) is 1. The Morgan fingerprint density at radius 1 is 1.12 bits per heavy atom. The summed E-state index contributed by atoms with van der Waals surface area (Å²) in [5.41, 5.74) is 1.92. The van der Waals surface area contributed by atoms with Gasteiger partial charge in [-0.1, -0.05) is 24.3 Å². The third-order valence-electron chi connectivity index (χ3n) is 4.54. The number of halogens is 1. The van der Waals surface area contributed by atoms with Crippen LogP contribution in [-0.2, 0) is 22.9 Å². The minimum Gasteiger partial charge on any atom is -0.497 e. The molecule has 1 saturated heterocycles. The summed E-state index contributed by atoms with van der Waals surface area (Å²) >= 11 is 0. The molecule has 0 unspecified atom stereocenters. The van der Waals surface area contributed by atoms with Gasteiger partial charge < -0.3 is 4.74 Å². The van der Waals surface area contributed by atoms with Gasteiger partial charge in [-0.15, -0.1) is 0 Å². The molecule has 1 fully saturated rings. The van der Waals surface area contributed by atoms with Gasteiger partial charge >= 0.3 is 0 Å². The first-order valence-corrected chi connectivity index (χ1v) is 10.1. The molecule has 0 amide bonds. The Morgan fingerprint density at radius 2 is 1.84 bits per heavy atom. The summed E-state index contributed by atoms with van der Waals surface area (Å²) in [4.78, 5) is 2.13. The summed E-state index contributed by atoms with van der Waals surface area (Å²) in [5, 5.41) is 0. The van der Waals surface area contributed by atoms with Crippen LogP contribution in [0.1, 0.15) is 17.5 Å². The maximum absolute atomic E-state index is 13.5. The van der Waals surface area contributed by atoms with Gasteiger partial charge in [-0.05, 0) is 41.8 Å². The van der Waals surface area contributed by atoms with E-state index in [1.54, 1.807) is 13.2 Å². The van der Waals surface area contributed by atoms with E-state index in [0.717, 1.165) is 16.9 Å². The second-order valence-electron chi connectivity index (χ2n) is 6.44. The van der Waals surface area contributed by atoms with Gasteiger partial charge in [0.25, 0.3) is 0 Å². The van der Waals surface area contributed by atoms with Gasteiger partial charge in [-0.3, -0.25) is 4.90 Å². The molecule has 1 heterocycles. The van der Waals surface area contributed by atoms with Crippen molar-refractivity contribution in [3.63, 3.8) is 0 Å². The molecule has 6 heteroatoms. The summed E-state index contributed by atoms with van der Waals surface area (Å²) < 4.78 is 42.4. The maximum atomic E-state index is 13.5. The second-order valence-corrected chi connectivity index (χ2v) is 8.67. The van der Waals surface area contributed by atoms with Crippen molar-refractivity contribution in [3.05, 3.63) is 65.5 Å². The SMILES string of the molecule is COc1ccc(CN(Cc2cccc(F)c2)[C@H]2CCS(=O)(=O)C2)cc1. The summed E-state index contributed by atoms with van der Waals surface area (Å²) in [7, 11) is -1.36. The Morgan fingerprint density at radius 3 is 2.44 bits per heavy atom. The van der Waals surface area contributed by atoms with Crippen LogP contribution in [0.25, 0.3) is 0 Å². The number of ether oxygens (including phenoxy) is 1. The monoisotopic (exact) mass is 363 g/mol. The Balaban J connectivity index is 1.80. The van der Waals surface area contributed by atoms with Crippen LogP contribution in [0.3, 0.4) is 0 Å². The van der Waals surface area contributed by atoms with Gasteiger partial charge in [0.2, 0.25) is 0 Å². The summed E-state index contributed by atoms with van der Waals surface area (Å²) in [6.07, 6.45) is 0.619. The Labute approximate surface area is 148 Å². The molecule has 0 aromatic heterocycles. The molecule has 2 aromatic carbocycles. The van der Waals surface area contributed by atoms with E-state index in [1.807, 2.05) is 30.3 Å². The van der Waals surface area contributed by atoms with Crippen molar-refractivity contribution in [1.82, 2.24) is 4.90 Å². The zero-order valence-corrected chi connectivity index (χ0v) is 15.0. The van der Waals surface area contributed by atoms with Crippen LogP contribution in [0.4, 0.5) is 4.39 Å². The predicted octanol–water partition coefficient (Wildman–Crippen LogP) is 3.02. The smallest absolute Gasteiger partial charge is 0.151 e. The molecular formula is C19H22FNO3S. The lowest BCUT2D eigenvalue weighted by Crippen LogP contribution is -2.35. The largest absolute Gasteiger partial charge is 0.497 e. The van der Waals surface area contributed by atoms with E-state index in [9.17, 15) is 12.8 Å². The van der Waals surface area contributed by atoms with Gasteiger partial charge in [0, 0.05) is 19.1 Å². The van der Waals surface area contributed by atoms with Crippen molar-refractivity contribution in [2.45, 2.75) is 25.6 Å². The third kappa shape index (κ3) is 4.80. The number of sulfone groups is 1. The van der Waals surface area contributed by atoms with Gasteiger partial charge in [-0.25, -0.2) is 12.8 Å². The van der Waals surface area contributed by atoms with Crippen molar-refractivity contribution in [1.29, 1.82) is 0 Å². The van der Waals surface area contributed by atoms with Crippen LogP contribution >= 0.6 is 0 Å². The van der Waals surface area contributed by atoms with Crippen molar-refractivity contribution in [3.8, 4) is 5.75 Å². The zero-order chi connectivity index (χ0) is 17.9. The molecule has 0 aliphatic carbocycles. The molecule has 1 atom stereocenters. The lowest BCUT2D eigenvalue weighted by molar-refractivity contribution is 0.194. The molecule has 0 N–H and O–H groups in total. The fourth-order valence-electron chi connectivity index (χ4n) is 3.21. The molecule has 4 nitrogen and oxygen atoms in total. The quantitative estimate of drug-likeness (QED) is 0.791. The van der Waals surface area contributed by atoms with Crippen LogP contribution in [0.5, 0.6) is 5.75 Å². The third-order valence-corrected chi connectivity index (χ3v) is 6.29. The summed E-state index contributed by atoms with van der Waals surface area (Å²) in [5.74, 6) is 0.892. The Kier molecular flexibility index (Phi) is 5.39. The topological polar surface area (TPSA) is 46.6 Å². The van der Waals surface area contributed by atoms with E-state index in [1.165, 1.54) is 12.1 Å². The maximum Gasteiger partial charge on any atom is 0.151 e. The lowest BCUT2D eigenvalue weighted by atomic mass is 10.1. The Bertz CT molecular complexity index is 821. The molecule has 1 aliphatic rings. The fourth-order valence-corrected chi connectivity index (χ4v) is 4.97. The van der Waals surface area contributed by atoms with Crippen LogP contribution in [0.15, 0.2) is 48.5 Å². The Hall–Kier alpha value is -1.92. The van der Waals surface area contributed by atoms with E-state index in [0.29, 0.717) is 19.5 Å². The van der Waals surface area contributed by atoms with Gasteiger partial charge in [0.15, 0.2) is 9.84 Å². The van der Waals surface area contributed by atoms with E-state index in [4.69, 9.17) is 4.74 Å². The molecule has 1 aliphatic heterocycles. The van der Waals surface area contributed by atoms with E-state index in [-0.39, 0.29) is 23.4 Å². The van der Waals surface area contributed by atoms with Gasteiger partial charge in [0.1, 0.15) is 11.6 Å². The van der Waals surface area contributed by atoms with E-state index >= 15 is 0 Å². The van der Waals surface area contributed by atoms with Gasteiger partial charge in [-0.2, -0.15) is 0 Å². The van der Waals surface area contributed by atoms with Crippen molar-refractivity contribution in [2.75, 3.05) is 18.6 Å². The highest BCUT2D eigenvalue weighted by Crippen LogP contribution is 2.23. The van der Waals surface area contributed by atoms with Crippen molar-refractivity contribution >= 4 is 9.84 Å². The molecular weight excluding hydrogens is 341 g/mol. The molecule has 0 bridgehead atoms. The van der Waals surface area contributed by atoms with Crippen LogP contribution < -0.4 is 4.74 Å². The fraction of sp³-hybridized carbons (Fsp3) is 0.368. The molecule has 2 aromatic rings. The first-order valence-electron chi connectivity index (χ1n) is 8.27. The van der Waals surface area contributed by atoms with E-state index in [2.05, 4.69) is 4.90 Å². The summed E-state index contributed by atoms with van der Waals surface area (Å²) in [6, 6.07) is 14.1. The average molecular weight is 363 g/mol. The highest BCUT2D eigenvalue weighted by Gasteiger charge is 2.32. The van der Waals surface area contributed by atoms with Crippen molar-refractivity contribution < 1.29 is 17.5 Å². The number of hydrogen-bond donors (Lipinski definition) is 0. The molecule has 0 saturated carbocycles. The van der Waals surface area contributed by atoms with E-state index < -0.39 is 9.84 Å². The normalized spacial score (nSPS) is 19.2. The van der Waals surface area contributed by atoms with Gasteiger partial charge in [0.05, 0.1) is 18.6 Å². The summed E-state index contributed by atoms with van der Waals surface area (Å²) in [6.45, 7) is 1.13. The molecule has 134 valence electrons. The second kappa shape index (κ2) is 7.54.